The van der Waals surface area contributed by atoms with Crippen molar-refractivity contribution in [2.24, 2.45) is 5.92 Å². The Morgan fingerprint density at radius 2 is 1.80 bits per heavy atom. The molecular formula is C19H25FN2O3. The number of rotatable bonds is 4. The van der Waals surface area contributed by atoms with E-state index in [1.807, 2.05) is 9.80 Å². The molecule has 1 aromatic carbocycles. The van der Waals surface area contributed by atoms with Crippen LogP contribution in [0.5, 0.6) is 0 Å². The molecule has 1 unspecified atom stereocenters. The average Bonchev–Trinajstić information content (AvgIpc) is 3.12. The minimum atomic E-state index is -0.974. The van der Waals surface area contributed by atoms with E-state index in [1.165, 1.54) is 12.1 Å². The third kappa shape index (κ3) is 3.84. The summed E-state index contributed by atoms with van der Waals surface area (Å²) in [6.07, 6.45) is 3.47. The van der Waals surface area contributed by atoms with Crippen molar-refractivity contribution in [2.75, 3.05) is 26.2 Å². The highest BCUT2D eigenvalue weighted by molar-refractivity contribution is 5.79. The van der Waals surface area contributed by atoms with E-state index < -0.39 is 17.8 Å². The summed E-state index contributed by atoms with van der Waals surface area (Å²) in [6, 6.07) is 3.41. The van der Waals surface area contributed by atoms with Crippen molar-refractivity contribution >= 4 is 11.9 Å². The molecule has 6 heteroatoms. The zero-order chi connectivity index (χ0) is 18.0. The molecule has 0 saturated carbocycles. The molecule has 1 N–H and O–H groups in total. The number of likely N-dealkylation sites (tertiary alicyclic amines) is 2. The second-order valence-electron chi connectivity index (χ2n) is 7.08. The second-order valence-corrected chi connectivity index (χ2v) is 7.08. The molecule has 2 aliphatic heterocycles. The summed E-state index contributed by atoms with van der Waals surface area (Å²) in [6.45, 7) is 4.57. The van der Waals surface area contributed by atoms with Gasteiger partial charge in [-0.1, -0.05) is 6.07 Å². The number of nitrogens with zero attached hydrogens (tertiary/aromatic N) is 2. The normalized spacial score (nSPS) is 20.6. The average molecular weight is 348 g/mol. The predicted molar refractivity (Wildman–Crippen MR) is 91.6 cm³/mol. The Kier molecular flexibility index (Phi) is 5.37. The SMILES string of the molecule is Cc1ccc(F)cc1C(C(=O)O)N1CCC(C(=O)N2CCCC2)CC1. The van der Waals surface area contributed by atoms with Crippen molar-refractivity contribution in [1.29, 1.82) is 0 Å². The second kappa shape index (κ2) is 7.52. The molecule has 0 spiro atoms. The zero-order valence-corrected chi connectivity index (χ0v) is 14.6. The lowest BCUT2D eigenvalue weighted by Crippen LogP contribution is -2.44. The number of carbonyl (C=O) groups is 2. The van der Waals surface area contributed by atoms with Crippen molar-refractivity contribution in [1.82, 2.24) is 9.80 Å². The maximum absolute atomic E-state index is 13.6. The lowest BCUT2D eigenvalue weighted by atomic mass is 9.92. The summed E-state index contributed by atoms with van der Waals surface area (Å²) in [4.78, 5) is 28.2. The number of benzene rings is 1. The Hall–Kier alpha value is -1.95. The first kappa shape index (κ1) is 17.9. The number of carboxylic acids is 1. The van der Waals surface area contributed by atoms with Crippen LogP contribution in [0.1, 0.15) is 42.9 Å². The van der Waals surface area contributed by atoms with Crippen LogP contribution in [0.2, 0.25) is 0 Å². The number of aryl methyl sites for hydroxylation is 1. The summed E-state index contributed by atoms with van der Waals surface area (Å²) in [5.74, 6) is -1.20. The van der Waals surface area contributed by atoms with Crippen LogP contribution < -0.4 is 0 Å². The number of hydrogen-bond donors (Lipinski definition) is 1. The first-order valence-electron chi connectivity index (χ1n) is 8.99. The zero-order valence-electron chi connectivity index (χ0n) is 14.6. The number of carboxylic acid groups (broad SMARTS) is 1. The molecule has 0 aromatic heterocycles. The van der Waals surface area contributed by atoms with Gasteiger partial charge in [0.05, 0.1) is 0 Å². The van der Waals surface area contributed by atoms with Crippen LogP contribution in [-0.2, 0) is 9.59 Å². The van der Waals surface area contributed by atoms with E-state index in [2.05, 4.69) is 0 Å². The van der Waals surface area contributed by atoms with Crippen LogP contribution in [-0.4, -0.2) is 53.0 Å². The summed E-state index contributed by atoms with van der Waals surface area (Å²) >= 11 is 0. The minimum absolute atomic E-state index is 0.0163. The maximum Gasteiger partial charge on any atom is 0.325 e. The Bertz CT molecular complexity index is 650. The van der Waals surface area contributed by atoms with E-state index in [-0.39, 0.29) is 11.8 Å². The van der Waals surface area contributed by atoms with Crippen molar-refractivity contribution < 1.29 is 19.1 Å². The Morgan fingerprint density at radius 1 is 1.16 bits per heavy atom. The van der Waals surface area contributed by atoms with Gasteiger partial charge in [-0.2, -0.15) is 0 Å². The fourth-order valence-electron chi connectivity index (χ4n) is 3.99. The smallest absolute Gasteiger partial charge is 0.325 e. The van der Waals surface area contributed by atoms with Crippen molar-refractivity contribution in [2.45, 2.75) is 38.6 Å². The molecule has 3 rings (SSSR count). The number of piperidine rings is 1. The molecule has 2 fully saturated rings. The Balaban J connectivity index is 1.70. The van der Waals surface area contributed by atoms with Crippen LogP contribution >= 0.6 is 0 Å². The van der Waals surface area contributed by atoms with Gasteiger partial charge in [0.1, 0.15) is 11.9 Å². The largest absolute Gasteiger partial charge is 0.480 e. The van der Waals surface area contributed by atoms with Crippen LogP contribution in [0, 0.1) is 18.7 Å². The van der Waals surface area contributed by atoms with Gasteiger partial charge in [-0.25, -0.2) is 4.39 Å². The molecule has 0 aliphatic carbocycles. The highest BCUT2D eigenvalue weighted by Crippen LogP contribution is 2.30. The summed E-state index contributed by atoms with van der Waals surface area (Å²) < 4.78 is 13.6. The molecule has 2 heterocycles. The fraction of sp³-hybridized carbons (Fsp3) is 0.579. The van der Waals surface area contributed by atoms with Crippen molar-refractivity contribution in [3.05, 3.63) is 35.1 Å². The standard InChI is InChI=1S/C19H25FN2O3/c1-13-4-5-15(20)12-16(13)17(19(24)25)21-10-6-14(7-11-21)18(23)22-8-2-3-9-22/h4-5,12,14,17H,2-3,6-11H2,1H3,(H,24,25). The highest BCUT2D eigenvalue weighted by atomic mass is 19.1. The minimum Gasteiger partial charge on any atom is -0.480 e. The van der Waals surface area contributed by atoms with Crippen molar-refractivity contribution in [3.8, 4) is 0 Å². The Labute approximate surface area is 147 Å². The third-order valence-corrected chi connectivity index (χ3v) is 5.43. The monoisotopic (exact) mass is 348 g/mol. The molecule has 0 bridgehead atoms. The molecule has 25 heavy (non-hydrogen) atoms. The number of amides is 1. The summed E-state index contributed by atoms with van der Waals surface area (Å²) in [5, 5.41) is 9.70. The number of carbonyl (C=O) groups excluding carboxylic acids is 1. The quantitative estimate of drug-likeness (QED) is 0.909. The van der Waals surface area contributed by atoms with E-state index in [0.29, 0.717) is 31.5 Å². The van der Waals surface area contributed by atoms with Crippen LogP contribution in [0.15, 0.2) is 18.2 Å². The van der Waals surface area contributed by atoms with E-state index in [9.17, 15) is 19.1 Å². The summed E-state index contributed by atoms with van der Waals surface area (Å²) in [7, 11) is 0. The van der Waals surface area contributed by atoms with Gasteiger partial charge in [0, 0.05) is 32.1 Å². The van der Waals surface area contributed by atoms with Gasteiger partial charge in [-0.05, 0) is 55.9 Å². The first-order chi connectivity index (χ1) is 12.0. The van der Waals surface area contributed by atoms with E-state index in [1.54, 1.807) is 13.0 Å². The molecule has 1 aromatic rings. The first-order valence-corrected chi connectivity index (χ1v) is 8.99. The molecule has 136 valence electrons. The fourth-order valence-corrected chi connectivity index (χ4v) is 3.99. The van der Waals surface area contributed by atoms with Crippen LogP contribution in [0.4, 0.5) is 4.39 Å². The van der Waals surface area contributed by atoms with Gasteiger partial charge in [0.2, 0.25) is 5.91 Å². The lowest BCUT2D eigenvalue weighted by Gasteiger charge is -2.36. The topological polar surface area (TPSA) is 60.9 Å². The van der Waals surface area contributed by atoms with Crippen LogP contribution in [0.3, 0.4) is 0 Å². The van der Waals surface area contributed by atoms with Gasteiger partial charge < -0.3 is 10.0 Å². The van der Waals surface area contributed by atoms with Crippen LogP contribution in [0.25, 0.3) is 0 Å². The molecule has 1 atom stereocenters. The third-order valence-electron chi connectivity index (χ3n) is 5.43. The molecule has 2 saturated heterocycles. The highest BCUT2D eigenvalue weighted by Gasteiger charge is 2.35. The van der Waals surface area contributed by atoms with E-state index >= 15 is 0 Å². The number of hydrogen-bond acceptors (Lipinski definition) is 3. The van der Waals surface area contributed by atoms with Gasteiger partial charge in [0.25, 0.3) is 0 Å². The van der Waals surface area contributed by atoms with Crippen molar-refractivity contribution in [3.63, 3.8) is 0 Å². The molecule has 1 amide bonds. The molecular weight excluding hydrogens is 323 g/mol. The van der Waals surface area contributed by atoms with E-state index in [0.717, 1.165) is 31.5 Å². The number of aliphatic carboxylic acids is 1. The number of halogens is 1. The molecule has 0 radical (unpaired) electrons. The van der Waals surface area contributed by atoms with E-state index in [4.69, 9.17) is 0 Å². The molecule has 2 aliphatic rings. The predicted octanol–water partition coefficient (Wildman–Crippen LogP) is 2.59. The summed E-state index contributed by atoms with van der Waals surface area (Å²) in [5.41, 5.74) is 1.26. The maximum atomic E-state index is 13.6. The van der Waals surface area contributed by atoms with Gasteiger partial charge >= 0.3 is 5.97 Å². The lowest BCUT2D eigenvalue weighted by molar-refractivity contribution is -0.145. The Morgan fingerprint density at radius 3 is 2.40 bits per heavy atom. The van der Waals surface area contributed by atoms with Gasteiger partial charge in [0.15, 0.2) is 0 Å². The van der Waals surface area contributed by atoms with Gasteiger partial charge in [-0.3, -0.25) is 14.5 Å². The van der Waals surface area contributed by atoms with Gasteiger partial charge in [-0.15, -0.1) is 0 Å². The molecule has 5 nitrogen and oxygen atoms in total.